The lowest BCUT2D eigenvalue weighted by Gasteiger charge is -2.09. The SMILES string of the molecule is c1cc(-c2ccc(OCCCOc3ccc(-c4ccn[nH]4)cc3)cc2)[nH]n1. The molecule has 0 aliphatic carbocycles. The third-order valence-electron chi connectivity index (χ3n) is 4.16. The molecule has 27 heavy (non-hydrogen) atoms. The predicted molar refractivity (Wildman–Crippen MR) is 104 cm³/mol. The number of nitrogens with zero attached hydrogens (tertiary/aromatic N) is 2. The van der Waals surface area contributed by atoms with Crippen molar-refractivity contribution in [1.82, 2.24) is 20.4 Å². The third-order valence-corrected chi connectivity index (χ3v) is 4.16. The molecule has 0 aliphatic heterocycles. The monoisotopic (exact) mass is 360 g/mol. The third kappa shape index (κ3) is 4.36. The molecule has 6 heteroatoms. The molecular formula is C21H20N4O2. The Morgan fingerprint density at radius 1 is 0.593 bits per heavy atom. The molecule has 136 valence electrons. The van der Waals surface area contributed by atoms with Crippen molar-refractivity contribution in [3.05, 3.63) is 73.1 Å². The summed E-state index contributed by atoms with van der Waals surface area (Å²) in [7, 11) is 0. The first kappa shape index (κ1) is 16.9. The van der Waals surface area contributed by atoms with Crippen molar-refractivity contribution < 1.29 is 9.47 Å². The van der Waals surface area contributed by atoms with Crippen molar-refractivity contribution in [1.29, 1.82) is 0 Å². The van der Waals surface area contributed by atoms with Crippen LogP contribution in [0.15, 0.2) is 73.1 Å². The Morgan fingerprint density at radius 2 is 1.04 bits per heavy atom. The number of aromatic amines is 2. The summed E-state index contributed by atoms with van der Waals surface area (Å²) < 4.78 is 11.5. The van der Waals surface area contributed by atoms with Crippen molar-refractivity contribution in [2.24, 2.45) is 0 Å². The number of H-pyrrole nitrogens is 2. The first-order chi connectivity index (χ1) is 13.4. The highest BCUT2D eigenvalue weighted by molar-refractivity contribution is 5.60. The molecule has 4 rings (SSSR count). The van der Waals surface area contributed by atoms with Crippen molar-refractivity contribution in [3.8, 4) is 34.0 Å². The highest BCUT2D eigenvalue weighted by Gasteiger charge is 2.01. The van der Waals surface area contributed by atoms with Gasteiger partial charge >= 0.3 is 0 Å². The van der Waals surface area contributed by atoms with Gasteiger partial charge in [-0.25, -0.2) is 0 Å². The predicted octanol–water partition coefficient (Wildman–Crippen LogP) is 4.31. The van der Waals surface area contributed by atoms with Crippen LogP contribution in [0.5, 0.6) is 11.5 Å². The van der Waals surface area contributed by atoms with Crippen molar-refractivity contribution in [3.63, 3.8) is 0 Å². The number of rotatable bonds is 8. The second kappa shape index (κ2) is 8.23. The molecule has 2 aromatic heterocycles. The Kier molecular flexibility index (Phi) is 5.15. The van der Waals surface area contributed by atoms with Gasteiger partial charge in [-0.1, -0.05) is 0 Å². The molecule has 6 nitrogen and oxygen atoms in total. The molecule has 0 saturated heterocycles. The molecule has 0 fully saturated rings. The van der Waals surface area contributed by atoms with Gasteiger partial charge in [-0.3, -0.25) is 10.2 Å². The maximum atomic E-state index is 5.77. The second-order valence-corrected chi connectivity index (χ2v) is 6.04. The van der Waals surface area contributed by atoms with Crippen LogP contribution in [-0.4, -0.2) is 33.6 Å². The molecular weight excluding hydrogens is 340 g/mol. The Bertz CT molecular complexity index is 851. The standard InChI is InChI=1S/C21H20N4O2/c1(14-26-18-6-2-16(3-7-18)20-10-12-22-24-20)15-27-19-8-4-17(5-9-19)21-11-13-23-25-21/h2-13H,1,14-15H2,(H,22,24)(H,23,25). The number of hydrogen-bond acceptors (Lipinski definition) is 4. The number of nitrogens with one attached hydrogen (secondary N) is 2. The summed E-state index contributed by atoms with van der Waals surface area (Å²) in [6.45, 7) is 1.21. The minimum Gasteiger partial charge on any atom is -0.493 e. The molecule has 0 radical (unpaired) electrons. The molecule has 0 amide bonds. The molecule has 0 unspecified atom stereocenters. The fourth-order valence-electron chi connectivity index (χ4n) is 2.73. The summed E-state index contributed by atoms with van der Waals surface area (Å²) in [6, 6.07) is 19.8. The van der Waals surface area contributed by atoms with E-state index in [0.29, 0.717) is 13.2 Å². The fourth-order valence-corrected chi connectivity index (χ4v) is 2.73. The number of ether oxygens (including phenoxy) is 2. The van der Waals surface area contributed by atoms with Gasteiger partial charge in [0.15, 0.2) is 0 Å². The van der Waals surface area contributed by atoms with Gasteiger partial charge in [-0.05, 0) is 71.8 Å². The second-order valence-electron chi connectivity index (χ2n) is 6.04. The van der Waals surface area contributed by atoms with E-state index in [0.717, 1.165) is 40.4 Å². The lowest BCUT2D eigenvalue weighted by atomic mass is 10.1. The molecule has 4 aromatic rings. The van der Waals surface area contributed by atoms with Gasteiger partial charge in [0.2, 0.25) is 0 Å². The average molecular weight is 360 g/mol. The summed E-state index contributed by atoms with van der Waals surface area (Å²) in [5.41, 5.74) is 4.16. The van der Waals surface area contributed by atoms with E-state index in [4.69, 9.17) is 9.47 Å². The zero-order valence-electron chi connectivity index (χ0n) is 14.8. The first-order valence-corrected chi connectivity index (χ1v) is 8.84. The van der Waals surface area contributed by atoms with E-state index in [1.165, 1.54) is 0 Å². The van der Waals surface area contributed by atoms with E-state index in [1.807, 2.05) is 60.7 Å². The largest absolute Gasteiger partial charge is 0.493 e. The van der Waals surface area contributed by atoms with Crippen LogP contribution in [0.25, 0.3) is 22.5 Å². The van der Waals surface area contributed by atoms with Crippen LogP contribution in [-0.2, 0) is 0 Å². The van der Waals surface area contributed by atoms with Gasteiger partial charge in [0.25, 0.3) is 0 Å². The molecule has 0 atom stereocenters. The number of benzene rings is 2. The number of hydrogen-bond donors (Lipinski definition) is 2. The highest BCUT2D eigenvalue weighted by Crippen LogP contribution is 2.21. The molecule has 0 spiro atoms. The summed E-state index contributed by atoms with van der Waals surface area (Å²) in [4.78, 5) is 0. The quantitative estimate of drug-likeness (QED) is 0.459. The number of aromatic nitrogens is 4. The normalized spacial score (nSPS) is 10.7. The molecule has 0 saturated carbocycles. The van der Waals surface area contributed by atoms with Crippen LogP contribution in [0.2, 0.25) is 0 Å². The van der Waals surface area contributed by atoms with E-state index in [2.05, 4.69) is 20.4 Å². The van der Waals surface area contributed by atoms with Crippen LogP contribution >= 0.6 is 0 Å². The smallest absolute Gasteiger partial charge is 0.119 e. The van der Waals surface area contributed by atoms with E-state index < -0.39 is 0 Å². The maximum Gasteiger partial charge on any atom is 0.119 e. The Morgan fingerprint density at radius 3 is 1.41 bits per heavy atom. The van der Waals surface area contributed by atoms with Gasteiger partial charge in [0.1, 0.15) is 11.5 Å². The van der Waals surface area contributed by atoms with E-state index in [9.17, 15) is 0 Å². The van der Waals surface area contributed by atoms with Crippen molar-refractivity contribution >= 4 is 0 Å². The molecule has 0 bridgehead atoms. The fraction of sp³-hybridized carbons (Fsp3) is 0.143. The molecule has 2 aromatic carbocycles. The first-order valence-electron chi connectivity index (χ1n) is 8.84. The van der Waals surface area contributed by atoms with E-state index in [1.54, 1.807) is 12.4 Å². The van der Waals surface area contributed by atoms with Crippen LogP contribution < -0.4 is 9.47 Å². The zero-order chi connectivity index (χ0) is 18.3. The van der Waals surface area contributed by atoms with Gasteiger partial charge < -0.3 is 9.47 Å². The van der Waals surface area contributed by atoms with Crippen molar-refractivity contribution in [2.75, 3.05) is 13.2 Å². The Hall–Kier alpha value is -3.54. The maximum absolute atomic E-state index is 5.77. The zero-order valence-corrected chi connectivity index (χ0v) is 14.8. The summed E-state index contributed by atoms with van der Waals surface area (Å²) in [5.74, 6) is 1.70. The van der Waals surface area contributed by atoms with E-state index in [-0.39, 0.29) is 0 Å². The van der Waals surface area contributed by atoms with Crippen LogP contribution in [0.4, 0.5) is 0 Å². The Labute approximate surface area is 157 Å². The average Bonchev–Trinajstić information content (AvgIpc) is 3.43. The molecule has 2 heterocycles. The summed E-state index contributed by atoms with van der Waals surface area (Å²) in [6.07, 6.45) is 4.29. The highest BCUT2D eigenvalue weighted by atomic mass is 16.5. The van der Waals surface area contributed by atoms with Crippen LogP contribution in [0.3, 0.4) is 0 Å². The molecule has 0 aliphatic rings. The van der Waals surface area contributed by atoms with Gasteiger partial charge in [0.05, 0.1) is 24.6 Å². The molecule has 2 N–H and O–H groups in total. The summed E-state index contributed by atoms with van der Waals surface area (Å²) in [5, 5.41) is 13.8. The minimum absolute atomic E-state index is 0.607. The van der Waals surface area contributed by atoms with E-state index >= 15 is 0 Å². The van der Waals surface area contributed by atoms with Crippen molar-refractivity contribution in [2.45, 2.75) is 6.42 Å². The summed E-state index contributed by atoms with van der Waals surface area (Å²) >= 11 is 0. The van der Waals surface area contributed by atoms with Gasteiger partial charge in [-0.2, -0.15) is 10.2 Å². The topological polar surface area (TPSA) is 75.8 Å². The van der Waals surface area contributed by atoms with Crippen LogP contribution in [0, 0.1) is 0 Å². The van der Waals surface area contributed by atoms with Crippen LogP contribution in [0.1, 0.15) is 6.42 Å². The lowest BCUT2D eigenvalue weighted by molar-refractivity contribution is 0.247. The lowest BCUT2D eigenvalue weighted by Crippen LogP contribution is -2.04. The van der Waals surface area contributed by atoms with Gasteiger partial charge in [-0.15, -0.1) is 0 Å². The Balaban J connectivity index is 1.19. The minimum atomic E-state index is 0.607. The van der Waals surface area contributed by atoms with Gasteiger partial charge in [0, 0.05) is 18.8 Å².